The maximum atomic E-state index is 11.0. The molecule has 0 radical (unpaired) electrons. The first kappa shape index (κ1) is 13.0. The fraction of sp³-hybridized carbons (Fsp3) is 0.167. The van der Waals surface area contributed by atoms with Crippen LogP contribution in [0.3, 0.4) is 0 Å². The molecule has 2 rings (SSSR count). The Morgan fingerprint density at radius 3 is 2.94 bits per heavy atom. The number of rotatable bonds is 4. The molecule has 94 valence electrons. The largest absolute Gasteiger partial charge is 0.478 e. The van der Waals surface area contributed by atoms with E-state index in [0.29, 0.717) is 5.75 Å². The molecule has 0 spiro atoms. The predicted molar refractivity (Wildman–Crippen MR) is 71.2 cm³/mol. The van der Waals surface area contributed by atoms with Crippen LogP contribution in [0.1, 0.15) is 16.2 Å². The number of carboxylic acids is 1. The maximum absolute atomic E-state index is 11.0. The van der Waals surface area contributed by atoms with E-state index in [2.05, 4.69) is 4.98 Å². The molecule has 0 fully saturated rings. The number of nitrogens with zero attached hydrogens (tertiary/aromatic N) is 2. The smallest absolute Gasteiger partial charge is 0.337 e. The highest BCUT2D eigenvalue weighted by atomic mass is 35.5. The molecule has 6 heteroatoms. The van der Waals surface area contributed by atoms with E-state index in [4.69, 9.17) is 16.7 Å². The van der Waals surface area contributed by atoms with Gasteiger partial charge in [0.25, 0.3) is 0 Å². The molecule has 1 heterocycles. The Morgan fingerprint density at radius 2 is 2.33 bits per heavy atom. The van der Waals surface area contributed by atoms with Crippen molar-refractivity contribution in [3.05, 3.63) is 47.0 Å². The Morgan fingerprint density at radius 1 is 1.56 bits per heavy atom. The fourth-order valence-electron chi connectivity index (χ4n) is 1.44. The number of thioether (sulfide) groups is 1. The number of carbonyl (C=O) groups is 1. The lowest BCUT2D eigenvalue weighted by Gasteiger charge is -2.04. The second kappa shape index (κ2) is 5.46. The van der Waals surface area contributed by atoms with Gasteiger partial charge < -0.3 is 9.67 Å². The second-order valence-corrected chi connectivity index (χ2v) is 5.15. The van der Waals surface area contributed by atoms with Crippen LogP contribution in [0.25, 0.3) is 0 Å². The number of hydrogen-bond acceptors (Lipinski definition) is 3. The van der Waals surface area contributed by atoms with E-state index in [0.717, 1.165) is 10.7 Å². The highest BCUT2D eigenvalue weighted by molar-refractivity contribution is 7.98. The molecule has 0 unspecified atom stereocenters. The van der Waals surface area contributed by atoms with E-state index < -0.39 is 5.97 Å². The molecule has 1 aromatic heterocycles. The topological polar surface area (TPSA) is 55.1 Å². The van der Waals surface area contributed by atoms with Gasteiger partial charge in [0.15, 0.2) is 0 Å². The summed E-state index contributed by atoms with van der Waals surface area (Å²) in [6, 6.07) is 4.99. The van der Waals surface area contributed by atoms with Crippen LogP contribution in [0.4, 0.5) is 0 Å². The van der Waals surface area contributed by atoms with Crippen molar-refractivity contribution in [3.63, 3.8) is 0 Å². The summed E-state index contributed by atoms with van der Waals surface area (Å²) in [7, 11) is 1.92. The van der Waals surface area contributed by atoms with Crippen molar-refractivity contribution < 1.29 is 9.90 Å². The predicted octanol–water partition coefficient (Wildman–Crippen LogP) is 3.06. The molecule has 18 heavy (non-hydrogen) atoms. The Bertz CT molecular complexity index is 583. The summed E-state index contributed by atoms with van der Waals surface area (Å²) in [5.74, 6) is 0.607. The average Bonchev–Trinajstić information content (AvgIpc) is 2.73. The molecular weight excluding hydrogens is 272 g/mol. The van der Waals surface area contributed by atoms with Crippen LogP contribution in [0.2, 0.25) is 5.02 Å². The van der Waals surface area contributed by atoms with Gasteiger partial charge in [-0.25, -0.2) is 9.78 Å². The molecule has 1 N–H and O–H groups in total. The van der Waals surface area contributed by atoms with Crippen molar-refractivity contribution in [2.24, 2.45) is 7.05 Å². The van der Waals surface area contributed by atoms with Gasteiger partial charge in [0.05, 0.1) is 16.3 Å². The van der Waals surface area contributed by atoms with Crippen LogP contribution in [0.15, 0.2) is 35.5 Å². The number of imidazole rings is 1. The molecule has 0 saturated heterocycles. The number of halogens is 1. The zero-order valence-corrected chi connectivity index (χ0v) is 11.2. The standard InChI is InChI=1S/C12H11ClN2O2S/c1-15-5-4-14-11(15)7-18-8-2-3-10(13)9(6-8)12(16)17/h2-6H,7H2,1H3,(H,16,17). The van der Waals surface area contributed by atoms with Crippen molar-refractivity contribution >= 4 is 29.3 Å². The number of aryl methyl sites for hydroxylation is 1. The lowest BCUT2D eigenvalue weighted by Crippen LogP contribution is -1.98. The lowest BCUT2D eigenvalue weighted by atomic mass is 10.2. The number of hydrogen-bond donors (Lipinski definition) is 1. The Hall–Kier alpha value is -1.46. The average molecular weight is 283 g/mol. The summed E-state index contributed by atoms with van der Waals surface area (Å²) in [5.41, 5.74) is 0.126. The summed E-state index contributed by atoms with van der Waals surface area (Å²) >= 11 is 7.34. The number of aromatic carboxylic acids is 1. The van der Waals surface area contributed by atoms with Gasteiger partial charge >= 0.3 is 5.97 Å². The molecular formula is C12H11ClN2O2S. The maximum Gasteiger partial charge on any atom is 0.337 e. The fourth-order valence-corrected chi connectivity index (χ4v) is 2.58. The summed E-state index contributed by atoms with van der Waals surface area (Å²) in [4.78, 5) is 16.0. The van der Waals surface area contributed by atoms with Crippen molar-refractivity contribution in [1.82, 2.24) is 9.55 Å². The normalized spacial score (nSPS) is 10.6. The Kier molecular flexibility index (Phi) is 3.93. The van der Waals surface area contributed by atoms with Gasteiger partial charge in [-0.3, -0.25) is 0 Å². The van der Waals surface area contributed by atoms with Crippen LogP contribution >= 0.6 is 23.4 Å². The highest BCUT2D eigenvalue weighted by Crippen LogP contribution is 2.26. The third-order valence-corrected chi connectivity index (χ3v) is 3.78. The molecule has 2 aromatic rings. The number of aromatic nitrogens is 2. The molecule has 0 aliphatic heterocycles. The van der Waals surface area contributed by atoms with Crippen LogP contribution in [0.5, 0.6) is 0 Å². The molecule has 0 amide bonds. The van der Waals surface area contributed by atoms with Gasteiger partial charge in [0.1, 0.15) is 5.82 Å². The number of benzene rings is 1. The molecule has 0 saturated carbocycles. The van der Waals surface area contributed by atoms with E-state index >= 15 is 0 Å². The molecule has 0 aliphatic carbocycles. The molecule has 4 nitrogen and oxygen atoms in total. The van der Waals surface area contributed by atoms with E-state index in [9.17, 15) is 4.79 Å². The Labute approximate surface area is 114 Å². The quantitative estimate of drug-likeness (QED) is 0.876. The first-order valence-electron chi connectivity index (χ1n) is 5.20. The first-order chi connectivity index (χ1) is 8.58. The van der Waals surface area contributed by atoms with Crippen LogP contribution < -0.4 is 0 Å². The highest BCUT2D eigenvalue weighted by Gasteiger charge is 2.10. The van der Waals surface area contributed by atoms with Crippen LogP contribution in [-0.2, 0) is 12.8 Å². The third-order valence-electron chi connectivity index (χ3n) is 2.46. The molecule has 0 atom stereocenters. The number of carboxylic acid groups (broad SMARTS) is 1. The second-order valence-electron chi connectivity index (χ2n) is 3.69. The van der Waals surface area contributed by atoms with E-state index in [1.807, 2.05) is 23.9 Å². The summed E-state index contributed by atoms with van der Waals surface area (Å²) in [6.45, 7) is 0. The van der Waals surface area contributed by atoms with E-state index in [1.165, 1.54) is 11.8 Å². The van der Waals surface area contributed by atoms with Gasteiger partial charge in [0.2, 0.25) is 0 Å². The van der Waals surface area contributed by atoms with Crippen LogP contribution in [0, 0.1) is 0 Å². The van der Waals surface area contributed by atoms with Crippen molar-refractivity contribution in [2.45, 2.75) is 10.6 Å². The van der Waals surface area contributed by atoms with Gasteiger partial charge in [-0.2, -0.15) is 0 Å². The zero-order chi connectivity index (χ0) is 13.1. The minimum absolute atomic E-state index is 0.126. The summed E-state index contributed by atoms with van der Waals surface area (Å²) < 4.78 is 1.93. The van der Waals surface area contributed by atoms with E-state index in [-0.39, 0.29) is 10.6 Å². The van der Waals surface area contributed by atoms with Gasteiger partial charge in [0, 0.05) is 24.3 Å². The van der Waals surface area contributed by atoms with Gasteiger partial charge in [-0.15, -0.1) is 11.8 Å². The molecule has 1 aromatic carbocycles. The van der Waals surface area contributed by atoms with Crippen LogP contribution in [-0.4, -0.2) is 20.6 Å². The lowest BCUT2D eigenvalue weighted by molar-refractivity contribution is 0.0697. The monoisotopic (exact) mass is 282 g/mol. The van der Waals surface area contributed by atoms with E-state index in [1.54, 1.807) is 18.3 Å². The summed E-state index contributed by atoms with van der Waals surface area (Å²) in [5, 5.41) is 9.23. The van der Waals surface area contributed by atoms with Crippen molar-refractivity contribution in [3.8, 4) is 0 Å². The minimum atomic E-state index is -1.01. The Balaban J connectivity index is 2.13. The van der Waals surface area contributed by atoms with Gasteiger partial charge in [-0.05, 0) is 18.2 Å². The summed E-state index contributed by atoms with van der Waals surface area (Å²) in [6.07, 6.45) is 3.61. The van der Waals surface area contributed by atoms with Gasteiger partial charge in [-0.1, -0.05) is 11.6 Å². The molecule has 0 aliphatic rings. The third kappa shape index (κ3) is 2.86. The minimum Gasteiger partial charge on any atom is -0.478 e. The van der Waals surface area contributed by atoms with Crippen molar-refractivity contribution in [1.29, 1.82) is 0 Å². The zero-order valence-electron chi connectivity index (χ0n) is 9.63. The van der Waals surface area contributed by atoms with Crippen molar-refractivity contribution in [2.75, 3.05) is 0 Å². The first-order valence-corrected chi connectivity index (χ1v) is 6.56. The SMILES string of the molecule is Cn1ccnc1CSc1ccc(Cl)c(C(=O)O)c1. The molecule has 0 bridgehead atoms.